The second-order valence-corrected chi connectivity index (χ2v) is 6.36. The Labute approximate surface area is 163 Å². The van der Waals surface area contributed by atoms with Crippen LogP contribution in [0.5, 0.6) is 5.88 Å². The van der Waals surface area contributed by atoms with Crippen LogP contribution in [-0.4, -0.2) is 26.0 Å². The van der Waals surface area contributed by atoms with Gasteiger partial charge in [0.1, 0.15) is 17.4 Å². The van der Waals surface area contributed by atoms with Crippen molar-refractivity contribution >= 4 is 5.65 Å². The van der Waals surface area contributed by atoms with Crippen LogP contribution < -0.4 is 4.74 Å². The fourth-order valence-corrected chi connectivity index (χ4v) is 3.01. The topological polar surface area (TPSA) is 76.1 Å². The molecule has 0 atom stereocenters. The second kappa shape index (κ2) is 7.89. The highest BCUT2D eigenvalue weighted by Crippen LogP contribution is 2.30. The molecule has 28 heavy (non-hydrogen) atoms. The van der Waals surface area contributed by atoms with Gasteiger partial charge in [0.25, 0.3) is 0 Å². The van der Waals surface area contributed by atoms with E-state index in [1.807, 2.05) is 48.7 Å². The number of pyridine rings is 3. The molecule has 0 spiro atoms. The summed E-state index contributed by atoms with van der Waals surface area (Å²) in [4.78, 5) is 13.4. The van der Waals surface area contributed by atoms with Crippen LogP contribution >= 0.6 is 0 Å². The standard InChI is InChI=1S/C22H19N5O/c1-2-3-12-28-21-8-4-7-19(26-21)22-18(6-5-11-24-22)16-9-10-20-25-14-17(13-23)27(20)15-16/h4-11,14-15H,2-3,12H2,1H3. The van der Waals surface area contributed by atoms with Crippen LogP contribution in [0.25, 0.3) is 28.2 Å². The maximum absolute atomic E-state index is 9.29. The van der Waals surface area contributed by atoms with Gasteiger partial charge < -0.3 is 4.74 Å². The molecule has 6 nitrogen and oxygen atoms in total. The zero-order valence-corrected chi connectivity index (χ0v) is 15.5. The van der Waals surface area contributed by atoms with Gasteiger partial charge in [0.15, 0.2) is 0 Å². The van der Waals surface area contributed by atoms with E-state index in [4.69, 9.17) is 4.74 Å². The Bertz CT molecular complexity index is 1160. The lowest BCUT2D eigenvalue weighted by molar-refractivity contribution is 0.298. The van der Waals surface area contributed by atoms with Crippen molar-refractivity contribution in [3.8, 4) is 34.5 Å². The third-order valence-electron chi connectivity index (χ3n) is 4.45. The zero-order valence-electron chi connectivity index (χ0n) is 15.5. The number of unbranched alkanes of at least 4 members (excludes halogenated alkanes) is 1. The number of rotatable bonds is 6. The zero-order chi connectivity index (χ0) is 19.3. The highest BCUT2D eigenvalue weighted by atomic mass is 16.5. The molecule has 4 aromatic heterocycles. The Balaban J connectivity index is 1.76. The summed E-state index contributed by atoms with van der Waals surface area (Å²) in [5.74, 6) is 0.597. The van der Waals surface area contributed by atoms with Gasteiger partial charge in [-0.15, -0.1) is 0 Å². The minimum atomic E-state index is 0.492. The fourth-order valence-electron chi connectivity index (χ4n) is 3.01. The molecule has 0 unspecified atom stereocenters. The van der Waals surface area contributed by atoms with Crippen LogP contribution in [0.2, 0.25) is 0 Å². The molecule has 0 radical (unpaired) electrons. The Morgan fingerprint density at radius 2 is 2.04 bits per heavy atom. The van der Waals surface area contributed by atoms with Crippen LogP contribution in [0.3, 0.4) is 0 Å². The third kappa shape index (κ3) is 3.42. The van der Waals surface area contributed by atoms with Gasteiger partial charge >= 0.3 is 0 Å². The summed E-state index contributed by atoms with van der Waals surface area (Å²) in [6.45, 7) is 2.78. The minimum Gasteiger partial charge on any atom is -0.478 e. The van der Waals surface area contributed by atoms with E-state index in [0.717, 1.165) is 41.0 Å². The lowest BCUT2D eigenvalue weighted by Crippen LogP contribution is -2.00. The normalized spacial score (nSPS) is 10.7. The predicted octanol–water partition coefficient (Wildman–Crippen LogP) is 4.51. The lowest BCUT2D eigenvalue weighted by Gasteiger charge is -2.10. The van der Waals surface area contributed by atoms with E-state index in [-0.39, 0.29) is 0 Å². The number of imidazole rings is 1. The van der Waals surface area contributed by atoms with E-state index in [2.05, 4.69) is 27.9 Å². The minimum absolute atomic E-state index is 0.492. The smallest absolute Gasteiger partial charge is 0.213 e. The van der Waals surface area contributed by atoms with E-state index in [9.17, 15) is 5.26 Å². The van der Waals surface area contributed by atoms with Crippen molar-refractivity contribution in [2.24, 2.45) is 0 Å². The number of fused-ring (bicyclic) bond motifs is 1. The van der Waals surface area contributed by atoms with Gasteiger partial charge in [0.05, 0.1) is 24.2 Å². The Kier molecular flexibility index (Phi) is 4.98. The van der Waals surface area contributed by atoms with Gasteiger partial charge in [-0.3, -0.25) is 9.38 Å². The summed E-state index contributed by atoms with van der Waals surface area (Å²) in [6.07, 6.45) is 7.30. The first-order valence-electron chi connectivity index (χ1n) is 9.23. The van der Waals surface area contributed by atoms with Gasteiger partial charge in [0, 0.05) is 29.6 Å². The highest BCUT2D eigenvalue weighted by Gasteiger charge is 2.12. The SMILES string of the molecule is CCCCOc1cccc(-c2ncccc2-c2ccc3ncc(C#N)n3c2)n1. The first-order valence-corrected chi connectivity index (χ1v) is 9.23. The Morgan fingerprint density at radius 3 is 2.89 bits per heavy atom. The molecular formula is C22H19N5O. The molecule has 4 rings (SSSR count). The molecule has 0 amide bonds. The monoisotopic (exact) mass is 369 g/mol. The average Bonchev–Trinajstić information content (AvgIpc) is 3.16. The molecule has 0 fully saturated rings. The number of hydrogen-bond acceptors (Lipinski definition) is 5. The molecule has 0 aliphatic rings. The van der Waals surface area contributed by atoms with Crippen molar-refractivity contribution in [3.05, 3.63) is 66.7 Å². The fraction of sp³-hybridized carbons (Fsp3) is 0.182. The molecule has 6 heteroatoms. The second-order valence-electron chi connectivity index (χ2n) is 6.36. The Morgan fingerprint density at radius 1 is 1.11 bits per heavy atom. The summed E-state index contributed by atoms with van der Waals surface area (Å²) in [5.41, 5.74) is 4.60. The van der Waals surface area contributed by atoms with E-state index < -0.39 is 0 Å². The average molecular weight is 369 g/mol. The van der Waals surface area contributed by atoms with Gasteiger partial charge in [-0.25, -0.2) is 9.97 Å². The van der Waals surface area contributed by atoms with Crippen molar-refractivity contribution in [1.29, 1.82) is 5.26 Å². The van der Waals surface area contributed by atoms with Crippen molar-refractivity contribution < 1.29 is 4.74 Å². The van der Waals surface area contributed by atoms with Crippen molar-refractivity contribution in [3.63, 3.8) is 0 Å². The summed E-state index contributed by atoms with van der Waals surface area (Å²) < 4.78 is 7.53. The first-order chi connectivity index (χ1) is 13.8. The quantitative estimate of drug-likeness (QED) is 0.467. The molecule has 0 saturated heterocycles. The third-order valence-corrected chi connectivity index (χ3v) is 4.45. The number of aromatic nitrogens is 4. The van der Waals surface area contributed by atoms with Crippen LogP contribution in [0, 0.1) is 11.3 Å². The molecule has 0 aliphatic carbocycles. The molecule has 0 aliphatic heterocycles. The van der Waals surface area contributed by atoms with Crippen LogP contribution in [-0.2, 0) is 0 Å². The molecule has 4 aromatic rings. The summed E-state index contributed by atoms with van der Waals surface area (Å²) in [6, 6.07) is 15.6. The number of ether oxygens (including phenoxy) is 1. The number of nitriles is 1. The number of nitrogens with zero attached hydrogens (tertiary/aromatic N) is 5. The molecule has 138 valence electrons. The largest absolute Gasteiger partial charge is 0.478 e. The van der Waals surface area contributed by atoms with Crippen molar-refractivity contribution in [2.45, 2.75) is 19.8 Å². The van der Waals surface area contributed by atoms with E-state index >= 15 is 0 Å². The Hall–Kier alpha value is -3.72. The molecule has 0 saturated carbocycles. The van der Waals surface area contributed by atoms with Gasteiger partial charge in [-0.2, -0.15) is 5.26 Å². The number of hydrogen-bond donors (Lipinski definition) is 0. The summed E-state index contributed by atoms with van der Waals surface area (Å²) in [7, 11) is 0. The van der Waals surface area contributed by atoms with Gasteiger partial charge in [-0.05, 0) is 30.7 Å². The molecule has 4 heterocycles. The molecule has 0 aromatic carbocycles. The maximum Gasteiger partial charge on any atom is 0.213 e. The summed E-state index contributed by atoms with van der Waals surface area (Å²) in [5, 5.41) is 9.29. The van der Waals surface area contributed by atoms with Gasteiger partial charge in [0.2, 0.25) is 5.88 Å². The predicted molar refractivity (Wildman–Crippen MR) is 107 cm³/mol. The van der Waals surface area contributed by atoms with E-state index in [1.165, 1.54) is 0 Å². The first kappa shape index (κ1) is 17.7. The van der Waals surface area contributed by atoms with Gasteiger partial charge in [-0.1, -0.05) is 25.5 Å². The van der Waals surface area contributed by atoms with Crippen molar-refractivity contribution in [2.75, 3.05) is 6.61 Å². The maximum atomic E-state index is 9.29. The summed E-state index contributed by atoms with van der Waals surface area (Å²) >= 11 is 0. The highest BCUT2D eigenvalue weighted by molar-refractivity contribution is 5.79. The van der Waals surface area contributed by atoms with Crippen LogP contribution in [0.15, 0.2) is 61.1 Å². The molecule has 0 bridgehead atoms. The molecular weight excluding hydrogens is 350 g/mol. The van der Waals surface area contributed by atoms with Crippen LogP contribution in [0.4, 0.5) is 0 Å². The lowest BCUT2D eigenvalue weighted by atomic mass is 10.0. The van der Waals surface area contributed by atoms with Crippen molar-refractivity contribution in [1.82, 2.24) is 19.4 Å². The van der Waals surface area contributed by atoms with Crippen LogP contribution in [0.1, 0.15) is 25.5 Å². The van der Waals surface area contributed by atoms with E-state index in [0.29, 0.717) is 18.2 Å². The van der Waals surface area contributed by atoms with E-state index in [1.54, 1.807) is 16.8 Å². The molecule has 0 N–H and O–H groups in total.